The molecule has 5 nitrogen and oxygen atoms in total. The van der Waals surface area contributed by atoms with Crippen molar-refractivity contribution in [3.63, 3.8) is 0 Å². The van der Waals surface area contributed by atoms with Gasteiger partial charge in [-0.2, -0.15) is 0 Å². The molecule has 2 aromatic carbocycles. The standard InChI is InChI=1S/C18H17F3N2O3S/c19-12-3-1-11(2-4-12)17-14(5-6-22-27(25,26)8-7-24)15-9-13(20)10-16(21)18(15)23-17/h1-4,9-10,22-24H,5-8H2. The van der Waals surface area contributed by atoms with Crippen LogP contribution in [0.3, 0.4) is 0 Å². The lowest BCUT2D eigenvalue weighted by molar-refractivity contribution is 0.319. The number of rotatable bonds is 7. The highest BCUT2D eigenvalue weighted by atomic mass is 32.2. The second-order valence-corrected chi connectivity index (χ2v) is 7.91. The highest BCUT2D eigenvalue weighted by Crippen LogP contribution is 2.32. The molecule has 0 atom stereocenters. The summed E-state index contributed by atoms with van der Waals surface area (Å²) in [5.74, 6) is -2.41. The number of aromatic nitrogens is 1. The quantitative estimate of drug-likeness (QED) is 0.572. The number of hydrogen-bond donors (Lipinski definition) is 3. The van der Waals surface area contributed by atoms with Crippen molar-refractivity contribution in [2.45, 2.75) is 6.42 Å². The highest BCUT2D eigenvalue weighted by molar-refractivity contribution is 7.89. The van der Waals surface area contributed by atoms with Crippen LogP contribution in [0.2, 0.25) is 0 Å². The fourth-order valence-corrected chi connectivity index (χ4v) is 3.72. The summed E-state index contributed by atoms with van der Waals surface area (Å²) in [5.41, 5.74) is 1.60. The Morgan fingerprint density at radius 1 is 1.04 bits per heavy atom. The molecule has 0 aliphatic heterocycles. The van der Waals surface area contributed by atoms with E-state index in [-0.39, 0.29) is 23.9 Å². The second-order valence-electron chi connectivity index (χ2n) is 5.98. The zero-order chi connectivity index (χ0) is 19.6. The van der Waals surface area contributed by atoms with E-state index in [0.29, 0.717) is 16.8 Å². The Hall–Kier alpha value is -2.36. The van der Waals surface area contributed by atoms with E-state index >= 15 is 0 Å². The summed E-state index contributed by atoms with van der Waals surface area (Å²) in [6, 6.07) is 7.39. The molecule has 0 saturated carbocycles. The first-order chi connectivity index (χ1) is 12.8. The van der Waals surface area contributed by atoms with E-state index in [9.17, 15) is 21.6 Å². The third-order valence-corrected chi connectivity index (χ3v) is 5.49. The Balaban J connectivity index is 2.02. The number of aromatic amines is 1. The first-order valence-corrected chi connectivity index (χ1v) is 9.79. The lowest BCUT2D eigenvalue weighted by Crippen LogP contribution is -2.29. The minimum Gasteiger partial charge on any atom is -0.395 e. The van der Waals surface area contributed by atoms with E-state index in [0.717, 1.165) is 6.07 Å². The fraction of sp³-hybridized carbons (Fsp3) is 0.222. The molecule has 144 valence electrons. The van der Waals surface area contributed by atoms with E-state index in [4.69, 9.17) is 5.11 Å². The largest absolute Gasteiger partial charge is 0.395 e. The van der Waals surface area contributed by atoms with Gasteiger partial charge in [0, 0.05) is 23.7 Å². The number of aliphatic hydroxyl groups excluding tert-OH is 1. The molecule has 0 radical (unpaired) electrons. The minimum absolute atomic E-state index is 0.0262. The Labute approximate surface area is 153 Å². The maximum Gasteiger partial charge on any atom is 0.213 e. The number of sulfonamides is 1. The third kappa shape index (κ3) is 4.32. The minimum atomic E-state index is -3.65. The molecule has 0 saturated heterocycles. The van der Waals surface area contributed by atoms with Crippen LogP contribution < -0.4 is 4.72 Å². The number of H-pyrrole nitrogens is 1. The predicted octanol–water partition coefficient (Wildman–Crippen LogP) is 2.71. The van der Waals surface area contributed by atoms with Crippen LogP contribution in [0.5, 0.6) is 0 Å². The Bertz CT molecular complexity index is 1060. The van der Waals surface area contributed by atoms with Crippen molar-refractivity contribution in [3.8, 4) is 11.3 Å². The summed E-state index contributed by atoms with van der Waals surface area (Å²) in [4.78, 5) is 2.89. The Morgan fingerprint density at radius 3 is 2.41 bits per heavy atom. The van der Waals surface area contributed by atoms with Crippen LogP contribution in [-0.2, 0) is 16.4 Å². The molecule has 3 N–H and O–H groups in total. The first-order valence-electron chi connectivity index (χ1n) is 8.14. The van der Waals surface area contributed by atoms with Crippen molar-refractivity contribution in [1.29, 1.82) is 0 Å². The van der Waals surface area contributed by atoms with Crippen LogP contribution in [0, 0.1) is 17.5 Å². The van der Waals surface area contributed by atoms with Gasteiger partial charge in [0.25, 0.3) is 0 Å². The molecular formula is C18H17F3N2O3S. The van der Waals surface area contributed by atoms with Crippen LogP contribution in [0.4, 0.5) is 13.2 Å². The van der Waals surface area contributed by atoms with Crippen molar-refractivity contribution in [2.75, 3.05) is 18.9 Å². The summed E-state index contributed by atoms with van der Waals surface area (Å²) in [5, 5.41) is 9.05. The van der Waals surface area contributed by atoms with E-state index in [2.05, 4.69) is 9.71 Å². The zero-order valence-electron chi connectivity index (χ0n) is 14.1. The van der Waals surface area contributed by atoms with Crippen molar-refractivity contribution in [2.24, 2.45) is 0 Å². The van der Waals surface area contributed by atoms with Gasteiger partial charge in [-0.1, -0.05) is 0 Å². The smallest absolute Gasteiger partial charge is 0.213 e. The van der Waals surface area contributed by atoms with Gasteiger partial charge in [-0.25, -0.2) is 26.3 Å². The molecule has 0 fully saturated rings. The number of halogens is 3. The zero-order valence-corrected chi connectivity index (χ0v) is 14.9. The lowest BCUT2D eigenvalue weighted by atomic mass is 10.0. The van der Waals surface area contributed by atoms with Crippen molar-refractivity contribution in [3.05, 3.63) is 59.4 Å². The van der Waals surface area contributed by atoms with Crippen LogP contribution in [0.15, 0.2) is 36.4 Å². The van der Waals surface area contributed by atoms with Crippen LogP contribution in [0.25, 0.3) is 22.2 Å². The van der Waals surface area contributed by atoms with Crippen LogP contribution in [-0.4, -0.2) is 37.4 Å². The number of fused-ring (bicyclic) bond motifs is 1. The number of hydrogen-bond acceptors (Lipinski definition) is 3. The number of aliphatic hydroxyl groups is 1. The van der Waals surface area contributed by atoms with Gasteiger partial charge < -0.3 is 10.1 Å². The molecular weight excluding hydrogens is 381 g/mol. The van der Waals surface area contributed by atoms with Crippen LogP contribution >= 0.6 is 0 Å². The lowest BCUT2D eigenvalue weighted by Gasteiger charge is -2.08. The normalized spacial score (nSPS) is 12.0. The maximum absolute atomic E-state index is 14.2. The van der Waals surface area contributed by atoms with Gasteiger partial charge in [0.15, 0.2) is 0 Å². The van der Waals surface area contributed by atoms with Gasteiger partial charge in [-0.05, 0) is 47.9 Å². The van der Waals surface area contributed by atoms with Crippen LogP contribution in [0.1, 0.15) is 5.56 Å². The van der Waals surface area contributed by atoms with Gasteiger partial charge in [0.05, 0.1) is 17.9 Å². The number of benzene rings is 2. The molecule has 1 heterocycles. The van der Waals surface area contributed by atoms with Gasteiger partial charge in [-0.3, -0.25) is 0 Å². The van der Waals surface area contributed by atoms with E-state index in [1.54, 1.807) is 0 Å². The molecule has 27 heavy (non-hydrogen) atoms. The molecule has 9 heteroatoms. The van der Waals surface area contributed by atoms with Gasteiger partial charge >= 0.3 is 0 Å². The second kappa shape index (κ2) is 7.71. The average Bonchev–Trinajstić information content (AvgIpc) is 2.94. The maximum atomic E-state index is 14.2. The van der Waals surface area contributed by atoms with Crippen molar-refractivity contribution in [1.82, 2.24) is 9.71 Å². The topological polar surface area (TPSA) is 82.2 Å². The molecule has 0 aliphatic rings. The van der Waals surface area contributed by atoms with Crippen molar-refractivity contribution < 1.29 is 26.7 Å². The molecule has 0 spiro atoms. The SMILES string of the molecule is O=S(=O)(CCO)NCCc1c(-c2ccc(F)cc2)[nH]c2c(F)cc(F)cc12. The molecule has 1 aromatic heterocycles. The number of nitrogens with one attached hydrogen (secondary N) is 2. The van der Waals surface area contributed by atoms with E-state index in [1.165, 1.54) is 30.3 Å². The van der Waals surface area contributed by atoms with Gasteiger partial charge in [0.1, 0.15) is 17.5 Å². The summed E-state index contributed by atoms with van der Waals surface area (Å²) in [7, 11) is -3.65. The summed E-state index contributed by atoms with van der Waals surface area (Å²) in [6.07, 6.45) is 0.139. The predicted molar refractivity (Wildman–Crippen MR) is 96.2 cm³/mol. The van der Waals surface area contributed by atoms with E-state index < -0.39 is 39.8 Å². The molecule has 3 aromatic rings. The fourth-order valence-electron chi connectivity index (χ4n) is 2.92. The summed E-state index contributed by atoms with van der Waals surface area (Å²) < 4.78 is 66.8. The van der Waals surface area contributed by atoms with Crippen molar-refractivity contribution >= 4 is 20.9 Å². The van der Waals surface area contributed by atoms with Gasteiger partial charge in [0.2, 0.25) is 10.0 Å². The Kier molecular flexibility index (Phi) is 5.54. The molecule has 0 amide bonds. The monoisotopic (exact) mass is 398 g/mol. The molecule has 0 bridgehead atoms. The molecule has 0 aliphatic carbocycles. The highest BCUT2D eigenvalue weighted by Gasteiger charge is 2.18. The summed E-state index contributed by atoms with van der Waals surface area (Å²) in [6.45, 7) is -0.540. The first kappa shape index (κ1) is 19.4. The van der Waals surface area contributed by atoms with E-state index in [1.807, 2.05) is 0 Å². The molecule has 3 rings (SSSR count). The average molecular weight is 398 g/mol. The third-order valence-electron chi connectivity index (χ3n) is 4.12. The molecule has 0 unspecified atom stereocenters. The Morgan fingerprint density at radius 2 is 1.74 bits per heavy atom. The summed E-state index contributed by atoms with van der Waals surface area (Å²) >= 11 is 0. The van der Waals surface area contributed by atoms with Gasteiger partial charge in [-0.15, -0.1) is 0 Å².